The highest BCUT2D eigenvalue weighted by Gasteiger charge is 2.17. The van der Waals surface area contributed by atoms with Crippen molar-refractivity contribution >= 4 is 22.9 Å². The predicted molar refractivity (Wildman–Crippen MR) is 72.6 cm³/mol. The molecule has 0 atom stereocenters. The van der Waals surface area contributed by atoms with Crippen LogP contribution < -0.4 is 5.32 Å². The summed E-state index contributed by atoms with van der Waals surface area (Å²) in [6.45, 7) is -0.374. The van der Waals surface area contributed by atoms with Crippen molar-refractivity contribution in [2.24, 2.45) is 0 Å². The molecule has 0 unspecified atom stereocenters. The molecule has 0 aliphatic heterocycles. The Morgan fingerprint density at radius 2 is 2.10 bits per heavy atom. The molecule has 3 nitrogen and oxygen atoms in total. The highest BCUT2D eigenvalue weighted by atomic mass is 32.1. The number of hydrogen-bond acceptors (Lipinski definition) is 3. The molecule has 0 fully saturated rings. The molecule has 0 aliphatic carbocycles. The van der Waals surface area contributed by atoms with Crippen molar-refractivity contribution in [3.05, 3.63) is 51.5 Å². The fourth-order valence-corrected chi connectivity index (χ4v) is 2.29. The van der Waals surface area contributed by atoms with E-state index in [-0.39, 0.29) is 11.5 Å². The summed E-state index contributed by atoms with van der Waals surface area (Å²) in [5, 5.41) is 12.3. The molecule has 21 heavy (non-hydrogen) atoms. The molecule has 7 heteroatoms. The molecule has 0 bridgehead atoms. The average Bonchev–Trinajstić information content (AvgIpc) is 2.90. The van der Waals surface area contributed by atoms with E-state index < -0.39 is 29.0 Å². The summed E-state index contributed by atoms with van der Waals surface area (Å²) in [5.41, 5.74) is -0.254. The van der Waals surface area contributed by atoms with Crippen molar-refractivity contribution in [1.82, 2.24) is 0 Å². The second-order valence-electron chi connectivity index (χ2n) is 3.83. The van der Waals surface area contributed by atoms with E-state index in [2.05, 4.69) is 17.2 Å². The van der Waals surface area contributed by atoms with Gasteiger partial charge in [0, 0.05) is 17.7 Å². The van der Waals surface area contributed by atoms with Crippen molar-refractivity contribution in [2.45, 2.75) is 0 Å². The van der Waals surface area contributed by atoms with E-state index in [1.807, 2.05) is 0 Å². The molecule has 0 saturated heterocycles. The highest BCUT2D eigenvalue weighted by Crippen LogP contribution is 2.22. The number of halogens is 3. The maximum Gasteiger partial charge on any atom is 0.267 e. The molecule has 1 amide bonds. The zero-order chi connectivity index (χ0) is 15.4. The molecule has 0 aliphatic rings. The first-order valence-electron chi connectivity index (χ1n) is 5.66. The zero-order valence-electron chi connectivity index (χ0n) is 10.4. The van der Waals surface area contributed by atoms with E-state index in [9.17, 15) is 18.0 Å². The quantitative estimate of drug-likeness (QED) is 0.662. The molecule has 0 spiro atoms. The lowest BCUT2D eigenvalue weighted by molar-refractivity contribution is 0.103. The van der Waals surface area contributed by atoms with Gasteiger partial charge >= 0.3 is 0 Å². The maximum atomic E-state index is 13.5. The first-order chi connectivity index (χ1) is 10.0. The number of amides is 1. The van der Waals surface area contributed by atoms with Gasteiger partial charge in [-0.1, -0.05) is 11.8 Å². The summed E-state index contributed by atoms with van der Waals surface area (Å²) >= 11 is 1.04. The fourth-order valence-electron chi connectivity index (χ4n) is 1.54. The van der Waals surface area contributed by atoms with Crippen LogP contribution in [0, 0.1) is 29.3 Å². The molecular formula is C14H8F3NO2S. The Hall–Kier alpha value is -2.30. The van der Waals surface area contributed by atoms with Gasteiger partial charge in [0.05, 0.1) is 5.69 Å². The van der Waals surface area contributed by atoms with Gasteiger partial charge in [0.2, 0.25) is 0 Å². The number of thiophene rings is 1. The lowest BCUT2D eigenvalue weighted by Crippen LogP contribution is -2.13. The summed E-state index contributed by atoms with van der Waals surface area (Å²) in [6.07, 6.45) is 0. The lowest BCUT2D eigenvalue weighted by atomic mass is 10.2. The van der Waals surface area contributed by atoms with Gasteiger partial charge in [-0.2, -0.15) is 0 Å². The van der Waals surface area contributed by atoms with Crippen molar-refractivity contribution < 1.29 is 23.1 Å². The van der Waals surface area contributed by atoms with Gasteiger partial charge < -0.3 is 10.4 Å². The van der Waals surface area contributed by atoms with Crippen LogP contribution in [0.2, 0.25) is 0 Å². The monoisotopic (exact) mass is 311 g/mol. The molecule has 108 valence electrons. The molecule has 0 saturated carbocycles. The molecule has 2 N–H and O–H groups in total. The smallest absolute Gasteiger partial charge is 0.267 e. The first kappa shape index (κ1) is 15.1. The Bertz CT molecular complexity index is 746. The van der Waals surface area contributed by atoms with Gasteiger partial charge in [-0.15, -0.1) is 11.3 Å². The summed E-state index contributed by atoms with van der Waals surface area (Å²) in [5.74, 6) is 0.453. The van der Waals surface area contributed by atoms with Gasteiger partial charge in [0.1, 0.15) is 17.3 Å². The second kappa shape index (κ2) is 6.43. The van der Waals surface area contributed by atoms with E-state index in [0.717, 1.165) is 11.3 Å². The minimum absolute atomic E-state index is 0.153. The molecular weight excluding hydrogens is 303 g/mol. The van der Waals surface area contributed by atoms with Crippen LogP contribution in [0.5, 0.6) is 0 Å². The molecule has 2 rings (SSSR count). The minimum atomic E-state index is -1.39. The Labute approximate surface area is 122 Å². The van der Waals surface area contributed by atoms with Crippen LogP contribution in [-0.4, -0.2) is 17.6 Å². The van der Waals surface area contributed by atoms with Crippen LogP contribution in [0.3, 0.4) is 0 Å². The summed E-state index contributed by atoms with van der Waals surface area (Å²) in [6, 6.07) is 2.61. The number of rotatable bonds is 2. The van der Waals surface area contributed by atoms with Gasteiger partial charge in [-0.05, 0) is 11.4 Å². The van der Waals surface area contributed by atoms with E-state index >= 15 is 0 Å². The Kier molecular flexibility index (Phi) is 4.62. The molecule has 1 aromatic heterocycles. The van der Waals surface area contributed by atoms with E-state index in [0.29, 0.717) is 17.7 Å². The van der Waals surface area contributed by atoms with Crippen LogP contribution >= 0.6 is 11.3 Å². The van der Waals surface area contributed by atoms with E-state index in [1.165, 1.54) is 0 Å². The average molecular weight is 311 g/mol. The summed E-state index contributed by atoms with van der Waals surface area (Å²) < 4.78 is 39.6. The van der Waals surface area contributed by atoms with E-state index in [1.54, 1.807) is 11.4 Å². The Morgan fingerprint density at radius 1 is 1.33 bits per heavy atom. The maximum absolute atomic E-state index is 13.5. The van der Waals surface area contributed by atoms with Gasteiger partial charge in [-0.25, -0.2) is 13.2 Å². The minimum Gasteiger partial charge on any atom is -0.384 e. The highest BCUT2D eigenvalue weighted by molar-refractivity contribution is 7.12. The first-order valence-corrected chi connectivity index (χ1v) is 6.54. The number of aliphatic hydroxyl groups excluding tert-OH is 1. The SMILES string of the molecule is O=C(Nc1cc(F)cc(F)c1F)c1sccc1C#CCO. The zero-order valence-corrected chi connectivity index (χ0v) is 11.2. The third-order valence-corrected chi connectivity index (χ3v) is 3.33. The van der Waals surface area contributed by atoms with Crippen LogP contribution in [0.4, 0.5) is 18.9 Å². The normalized spacial score (nSPS) is 9.90. The number of nitrogens with one attached hydrogen (secondary N) is 1. The summed E-state index contributed by atoms with van der Waals surface area (Å²) in [4.78, 5) is 12.1. The van der Waals surface area contributed by atoms with Crippen LogP contribution in [-0.2, 0) is 0 Å². The van der Waals surface area contributed by atoms with Crippen molar-refractivity contribution in [3.8, 4) is 11.8 Å². The van der Waals surface area contributed by atoms with Crippen LogP contribution in [0.15, 0.2) is 23.6 Å². The Balaban J connectivity index is 2.29. The largest absolute Gasteiger partial charge is 0.384 e. The van der Waals surface area contributed by atoms with Crippen molar-refractivity contribution in [2.75, 3.05) is 11.9 Å². The fraction of sp³-hybridized carbons (Fsp3) is 0.0714. The third-order valence-electron chi connectivity index (χ3n) is 2.41. The summed E-state index contributed by atoms with van der Waals surface area (Å²) in [7, 11) is 0. The Morgan fingerprint density at radius 3 is 2.81 bits per heavy atom. The lowest BCUT2D eigenvalue weighted by Gasteiger charge is -2.06. The molecule has 0 radical (unpaired) electrons. The molecule has 1 heterocycles. The predicted octanol–water partition coefficient (Wildman–Crippen LogP) is 2.76. The number of benzene rings is 1. The van der Waals surface area contributed by atoms with Crippen LogP contribution in [0.1, 0.15) is 15.2 Å². The third kappa shape index (κ3) is 3.42. The number of carbonyl (C=O) groups is 1. The molecule has 2 aromatic rings. The number of anilines is 1. The van der Waals surface area contributed by atoms with Gasteiger partial charge in [0.25, 0.3) is 5.91 Å². The van der Waals surface area contributed by atoms with Gasteiger partial charge in [0.15, 0.2) is 11.6 Å². The van der Waals surface area contributed by atoms with Crippen molar-refractivity contribution in [3.63, 3.8) is 0 Å². The number of carbonyl (C=O) groups excluding carboxylic acids is 1. The second-order valence-corrected chi connectivity index (χ2v) is 4.74. The topological polar surface area (TPSA) is 49.3 Å². The van der Waals surface area contributed by atoms with Crippen LogP contribution in [0.25, 0.3) is 0 Å². The molecule has 1 aromatic carbocycles. The van der Waals surface area contributed by atoms with Gasteiger partial charge in [-0.3, -0.25) is 4.79 Å². The van der Waals surface area contributed by atoms with Crippen molar-refractivity contribution in [1.29, 1.82) is 0 Å². The number of aliphatic hydroxyl groups is 1. The standard InChI is InChI=1S/C14H8F3NO2S/c15-9-6-10(16)12(17)11(7-9)18-14(20)13-8(2-1-4-19)3-5-21-13/h3,5-7,19H,4H2,(H,18,20). The number of hydrogen-bond donors (Lipinski definition) is 2. The van der Waals surface area contributed by atoms with E-state index in [4.69, 9.17) is 5.11 Å².